The molecule has 166 valence electrons. The number of anilines is 3. The minimum Gasteiger partial charge on any atom is -0.371 e. The molecule has 0 saturated carbocycles. The van der Waals surface area contributed by atoms with Crippen molar-refractivity contribution in [3.8, 4) is 11.3 Å². The van der Waals surface area contributed by atoms with Crippen LogP contribution >= 0.6 is 0 Å². The Morgan fingerprint density at radius 2 is 2.03 bits per heavy atom. The predicted molar refractivity (Wildman–Crippen MR) is 133 cm³/mol. The molecule has 1 aromatic heterocycles. The number of rotatable bonds is 7. The van der Waals surface area contributed by atoms with Gasteiger partial charge in [-0.05, 0) is 61.6 Å². The Morgan fingerprint density at radius 3 is 2.79 bits per heavy atom. The van der Waals surface area contributed by atoms with Crippen molar-refractivity contribution in [2.45, 2.75) is 32.6 Å². The van der Waals surface area contributed by atoms with Crippen LogP contribution in [-0.4, -0.2) is 28.8 Å². The number of hydrogen-bond acceptors (Lipinski definition) is 5. The highest BCUT2D eigenvalue weighted by molar-refractivity contribution is 5.91. The summed E-state index contributed by atoms with van der Waals surface area (Å²) in [6.07, 6.45) is 7.07. The third-order valence-corrected chi connectivity index (χ3v) is 5.84. The molecule has 0 bridgehead atoms. The molecule has 1 fully saturated rings. The second kappa shape index (κ2) is 10.1. The third-order valence-electron chi connectivity index (χ3n) is 5.84. The Kier molecular flexibility index (Phi) is 6.80. The van der Waals surface area contributed by atoms with Gasteiger partial charge in [0.1, 0.15) is 0 Å². The molecular formula is C27H27N5O. The fraction of sp³-hybridized carbons (Fsp3) is 0.259. The molecular weight excluding hydrogens is 410 g/mol. The first-order valence-corrected chi connectivity index (χ1v) is 11.2. The Bertz CT molecular complexity index is 1220. The molecule has 1 aliphatic rings. The zero-order valence-corrected chi connectivity index (χ0v) is 18.8. The molecule has 0 spiro atoms. The molecule has 0 radical (unpaired) electrons. The summed E-state index contributed by atoms with van der Waals surface area (Å²) in [4.78, 5) is 27.1. The second-order valence-corrected chi connectivity index (χ2v) is 8.26. The maximum atomic E-state index is 11.8. The predicted octanol–water partition coefficient (Wildman–Crippen LogP) is 6.03. The van der Waals surface area contributed by atoms with Crippen LogP contribution in [0.2, 0.25) is 0 Å². The van der Waals surface area contributed by atoms with Gasteiger partial charge in [0.15, 0.2) is 11.5 Å². The van der Waals surface area contributed by atoms with Crippen LogP contribution in [0.4, 0.5) is 23.0 Å². The van der Waals surface area contributed by atoms with E-state index in [1.165, 1.54) is 31.0 Å². The van der Waals surface area contributed by atoms with E-state index in [9.17, 15) is 4.79 Å². The minimum atomic E-state index is -0.0631. The lowest BCUT2D eigenvalue weighted by atomic mass is 10.00. The normalized spacial score (nSPS) is 13.3. The Morgan fingerprint density at radius 1 is 1.21 bits per heavy atom. The van der Waals surface area contributed by atoms with Gasteiger partial charge in [-0.15, -0.1) is 0 Å². The number of carbonyl (C=O) groups excluding carboxylic acids is 1. The highest BCUT2D eigenvalue weighted by Gasteiger charge is 2.15. The van der Waals surface area contributed by atoms with E-state index in [-0.39, 0.29) is 12.2 Å². The number of aromatic nitrogens is 2. The van der Waals surface area contributed by atoms with Gasteiger partial charge in [0.05, 0.1) is 12.3 Å². The Labute approximate surface area is 194 Å². The lowest BCUT2D eigenvalue weighted by molar-refractivity contribution is -0.114. The number of nitrogens with one attached hydrogen (secondary N) is 1. The Hall–Kier alpha value is -3.98. The largest absolute Gasteiger partial charge is 0.371 e. The van der Waals surface area contributed by atoms with Crippen molar-refractivity contribution in [1.29, 1.82) is 0 Å². The van der Waals surface area contributed by atoms with E-state index in [0.29, 0.717) is 22.9 Å². The first-order chi connectivity index (χ1) is 16.1. The molecule has 33 heavy (non-hydrogen) atoms. The van der Waals surface area contributed by atoms with Gasteiger partial charge in [-0.3, -0.25) is 4.79 Å². The molecule has 0 amide bonds. The molecule has 2 aromatic carbocycles. The summed E-state index contributed by atoms with van der Waals surface area (Å²) in [5, 5.41) is 3.32. The first-order valence-electron chi connectivity index (χ1n) is 11.2. The lowest BCUT2D eigenvalue weighted by Gasteiger charge is -2.29. The van der Waals surface area contributed by atoms with Crippen LogP contribution in [0.3, 0.4) is 0 Å². The summed E-state index contributed by atoms with van der Waals surface area (Å²) >= 11 is 0. The summed E-state index contributed by atoms with van der Waals surface area (Å²) in [5.74, 6) is 0.404. The van der Waals surface area contributed by atoms with Gasteiger partial charge in [-0.25, -0.2) is 14.8 Å². The highest BCUT2D eigenvalue weighted by Crippen LogP contribution is 2.33. The number of ketones is 1. The van der Waals surface area contributed by atoms with E-state index in [0.717, 1.165) is 29.9 Å². The summed E-state index contributed by atoms with van der Waals surface area (Å²) in [5.41, 5.74) is 5.67. The summed E-state index contributed by atoms with van der Waals surface area (Å²) in [6.45, 7) is 15.2. The molecule has 1 N–H and O–H groups in total. The molecule has 1 saturated heterocycles. The molecule has 0 atom stereocenters. The van der Waals surface area contributed by atoms with E-state index < -0.39 is 0 Å². The van der Waals surface area contributed by atoms with E-state index in [1.807, 2.05) is 25.1 Å². The van der Waals surface area contributed by atoms with Gasteiger partial charge in [0, 0.05) is 42.6 Å². The molecule has 0 aliphatic carbocycles. The van der Waals surface area contributed by atoms with Crippen molar-refractivity contribution < 1.29 is 4.79 Å². The summed E-state index contributed by atoms with van der Waals surface area (Å²) in [6, 6.07) is 13.7. The van der Waals surface area contributed by atoms with Crippen molar-refractivity contribution >= 4 is 28.8 Å². The fourth-order valence-corrected chi connectivity index (χ4v) is 4.09. The van der Waals surface area contributed by atoms with E-state index in [4.69, 9.17) is 11.6 Å². The average molecular weight is 438 g/mol. The molecule has 6 nitrogen and oxygen atoms in total. The van der Waals surface area contributed by atoms with E-state index >= 15 is 0 Å². The van der Waals surface area contributed by atoms with Crippen LogP contribution in [-0.2, 0) is 11.2 Å². The summed E-state index contributed by atoms with van der Waals surface area (Å²) in [7, 11) is 0. The summed E-state index contributed by atoms with van der Waals surface area (Å²) < 4.78 is 0. The number of hydrogen-bond donors (Lipinski definition) is 1. The van der Waals surface area contributed by atoms with Crippen LogP contribution in [0, 0.1) is 13.5 Å². The quantitative estimate of drug-likeness (QED) is 0.361. The van der Waals surface area contributed by atoms with Crippen molar-refractivity contribution in [3.63, 3.8) is 0 Å². The van der Waals surface area contributed by atoms with Crippen molar-refractivity contribution in [2.24, 2.45) is 0 Å². The number of benzene rings is 2. The standard InChI is InChI=1S/C27H27N5O/c1-4-23(33)15-20-11-12-25(28-3)24(16-20)26-19(2)18-29-27(31-26)30-21-9-8-10-22(17-21)32-13-6-5-7-14-32/h4,8-12,16-18H,1,5-7,13-15H2,2H3,(H,29,30,31). The van der Waals surface area contributed by atoms with Crippen LogP contribution in [0.5, 0.6) is 0 Å². The second-order valence-electron chi connectivity index (χ2n) is 8.26. The molecule has 3 aromatic rings. The Balaban J connectivity index is 1.64. The monoisotopic (exact) mass is 437 g/mol. The van der Waals surface area contributed by atoms with Crippen molar-refractivity contribution in [3.05, 3.63) is 83.9 Å². The molecule has 0 unspecified atom stereocenters. The van der Waals surface area contributed by atoms with Crippen LogP contribution < -0.4 is 10.2 Å². The van der Waals surface area contributed by atoms with Gasteiger partial charge in [0.2, 0.25) is 5.95 Å². The average Bonchev–Trinajstić information content (AvgIpc) is 2.86. The van der Waals surface area contributed by atoms with Gasteiger partial charge < -0.3 is 10.2 Å². The zero-order chi connectivity index (χ0) is 23.2. The first kappa shape index (κ1) is 22.2. The smallest absolute Gasteiger partial charge is 0.227 e. The number of piperidine rings is 1. The molecule has 4 rings (SSSR count). The van der Waals surface area contributed by atoms with Crippen LogP contribution in [0.25, 0.3) is 16.1 Å². The number of aryl methyl sites for hydroxylation is 1. The van der Waals surface area contributed by atoms with Gasteiger partial charge in [-0.2, -0.15) is 0 Å². The fourth-order valence-electron chi connectivity index (χ4n) is 4.09. The maximum absolute atomic E-state index is 11.8. The zero-order valence-electron chi connectivity index (χ0n) is 18.8. The van der Waals surface area contributed by atoms with Crippen molar-refractivity contribution in [1.82, 2.24) is 9.97 Å². The number of nitrogens with zero attached hydrogens (tertiary/aromatic N) is 4. The van der Waals surface area contributed by atoms with E-state index in [1.54, 1.807) is 18.3 Å². The van der Waals surface area contributed by atoms with Crippen LogP contribution in [0.15, 0.2) is 61.3 Å². The number of carbonyl (C=O) groups is 1. The molecule has 2 heterocycles. The minimum absolute atomic E-state index is 0.0631. The van der Waals surface area contributed by atoms with E-state index in [2.05, 4.69) is 38.8 Å². The highest BCUT2D eigenvalue weighted by atomic mass is 16.1. The maximum Gasteiger partial charge on any atom is 0.227 e. The van der Waals surface area contributed by atoms with Gasteiger partial charge >= 0.3 is 0 Å². The third kappa shape index (κ3) is 5.27. The topological polar surface area (TPSA) is 62.5 Å². The SMILES string of the molecule is [C-]#[N+]c1ccc(CC(=O)C=C)cc1-c1nc(Nc2cccc(N3CCCCC3)c2)ncc1C. The van der Waals surface area contributed by atoms with Crippen molar-refractivity contribution in [2.75, 3.05) is 23.3 Å². The van der Waals surface area contributed by atoms with Gasteiger partial charge in [0.25, 0.3) is 0 Å². The number of allylic oxidation sites excluding steroid dienone is 1. The molecule has 6 heteroatoms. The lowest BCUT2D eigenvalue weighted by Crippen LogP contribution is -2.29. The van der Waals surface area contributed by atoms with Crippen LogP contribution in [0.1, 0.15) is 30.4 Å². The van der Waals surface area contributed by atoms with Gasteiger partial charge in [-0.1, -0.05) is 30.8 Å². The molecule has 1 aliphatic heterocycles.